The van der Waals surface area contributed by atoms with Crippen molar-refractivity contribution in [3.05, 3.63) is 0 Å². The summed E-state index contributed by atoms with van der Waals surface area (Å²) in [6, 6.07) is -0.269. The lowest BCUT2D eigenvalue weighted by Crippen LogP contribution is -2.47. The van der Waals surface area contributed by atoms with Crippen molar-refractivity contribution in [2.75, 3.05) is 59.8 Å². The fourth-order valence-corrected chi connectivity index (χ4v) is 2.05. The molecule has 0 aliphatic carbocycles. The van der Waals surface area contributed by atoms with E-state index < -0.39 is 0 Å². The van der Waals surface area contributed by atoms with Gasteiger partial charge in [0.05, 0.1) is 52.3 Å². The number of rotatable bonds is 15. The first-order chi connectivity index (χ1) is 10.5. The van der Waals surface area contributed by atoms with Gasteiger partial charge in [0, 0.05) is 6.54 Å². The molecule has 0 saturated heterocycles. The smallest absolute Gasteiger partial charge is 0.235 e. The summed E-state index contributed by atoms with van der Waals surface area (Å²) < 4.78 is 16.0. The third-order valence-corrected chi connectivity index (χ3v) is 3.08. The van der Waals surface area contributed by atoms with E-state index >= 15 is 0 Å². The van der Waals surface area contributed by atoms with Crippen LogP contribution in [0.1, 0.15) is 13.8 Å². The number of hydrogen-bond donors (Lipinski definition) is 2. The Labute approximate surface area is 132 Å². The maximum atomic E-state index is 11.4. The van der Waals surface area contributed by atoms with Crippen LogP contribution in [0.3, 0.4) is 0 Å². The molecule has 0 heterocycles. The molecule has 0 aromatic carbocycles. The molecule has 0 spiro atoms. The number of amides is 1. The number of carbonyl (C=O) groups excluding carboxylic acids is 1. The molecule has 1 atom stereocenters. The van der Waals surface area contributed by atoms with Crippen molar-refractivity contribution in [2.24, 2.45) is 17.5 Å². The van der Waals surface area contributed by atoms with E-state index in [4.69, 9.17) is 25.8 Å². The second-order valence-electron chi connectivity index (χ2n) is 5.28. The summed E-state index contributed by atoms with van der Waals surface area (Å²) in [6.07, 6.45) is 0. The summed E-state index contributed by atoms with van der Waals surface area (Å²) in [5, 5.41) is 0. The van der Waals surface area contributed by atoms with Crippen molar-refractivity contribution in [3.8, 4) is 0 Å². The molecule has 4 N–H and O–H groups in total. The fourth-order valence-electron chi connectivity index (χ4n) is 2.05. The predicted molar refractivity (Wildman–Crippen MR) is 83.0 cm³/mol. The third kappa shape index (κ3) is 10.9. The van der Waals surface area contributed by atoms with Gasteiger partial charge in [-0.2, -0.15) is 0 Å². The van der Waals surface area contributed by atoms with Crippen LogP contribution >= 0.6 is 0 Å². The molecule has 8 heteroatoms. The van der Waals surface area contributed by atoms with Crippen LogP contribution in [0.15, 0.2) is 0 Å². The minimum atomic E-state index is -0.305. The van der Waals surface area contributed by atoms with E-state index in [-0.39, 0.29) is 17.9 Å². The summed E-state index contributed by atoms with van der Waals surface area (Å²) in [4.78, 5) is 17.7. The molecule has 0 fully saturated rings. The zero-order chi connectivity index (χ0) is 16.8. The minimum absolute atomic E-state index is 0.176. The number of carbonyl (C=O) groups is 1. The maximum Gasteiger partial charge on any atom is 0.235 e. The molecule has 0 rings (SSSR count). The molecular weight excluding hydrogens is 290 g/mol. The van der Waals surface area contributed by atoms with Crippen molar-refractivity contribution in [3.63, 3.8) is 0 Å². The number of hydrogen-bond acceptors (Lipinski definition) is 7. The number of nitrogens with zero attached hydrogens (tertiary/aromatic N) is 1. The van der Waals surface area contributed by atoms with Crippen LogP contribution < -0.4 is 11.6 Å². The summed E-state index contributed by atoms with van der Waals surface area (Å²) in [5.74, 6) is 4.73. The average molecular weight is 321 g/mol. The highest BCUT2D eigenvalue weighted by Gasteiger charge is 2.23. The van der Waals surface area contributed by atoms with Crippen molar-refractivity contribution >= 4 is 5.91 Å². The quantitative estimate of drug-likeness (QED) is 0.305. The normalized spacial score (nSPS) is 13.0. The fraction of sp³-hybridized carbons (Fsp3) is 0.929. The lowest BCUT2D eigenvalue weighted by Gasteiger charge is -2.28. The van der Waals surface area contributed by atoms with Crippen molar-refractivity contribution in [1.82, 2.24) is 4.90 Å². The van der Waals surface area contributed by atoms with Gasteiger partial charge in [-0.15, -0.1) is 0 Å². The second-order valence-corrected chi connectivity index (χ2v) is 5.28. The Morgan fingerprint density at radius 3 is 1.82 bits per heavy atom. The Hall–Kier alpha value is -0.770. The maximum absolute atomic E-state index is 11.4. The molecule has 22 heavy (non-hydrogen) atoms. The summed E-state index contributed by atoms with van der Waals surface area (Å²) in [7, 11) is 1.87. The Kier molecular flexibility index (Phi) is 13.4. The van der Waals surface area contributed by atoms with E-state index in [2.05, 4.69) is 4.84 Å². The van der Waals surface area contributed by atoms with Crippen molar-refractivity contribution < 1.29 is 23.8 Å². The van der Waals surface area contributed by atoms with Crippen molar-refractivity contribution in [1.29, 1.82) is 0 Å². The van der Waals surface area contributed by atoms with Crippen LogP contribution in [-0.4, -0.2) is 76.7 Å². The highest BCUT2D eigenvalue weighted by atomic mass is 16.6. The van der Waals surface area contributed by atoms with Crippen LogP contribution in [0.25, 0.3) is 0 Å². The lowest BCUT2D eigenvalue weighted by atomic mass is 10.0. The highest BCUT2D eigenvalue weighted by Crippen LogP contribution is 2.08. The summed E-state index contributed by atoms with van der Waals surface area (Å²) in [6.45, 7) is 7.97. The minimum Gasteiger partial charge on any atom is -0.378 e. The molecule has 0 aromatic rings. The van der Waals surface area contributed by atoms with E-state index in [9.17, 15) is 4.79 Å². The Morgan fingerprint density at radius 1 is 0.955 bits per heavy atom. The van der Waals surface area contributed by atoms with E-state index in [1.54, 1.807) is 0 Å². The van der Waals surface area contributed by atoms with Crippen molar-refractivity contribution in [2.45, 2.75) is 19.9 Å². The lowest BCUT2D eigenvalue weighted by molar-refractivity contribution is -0.124. The van der Waals surface area contributed by atoms with Crippen LogP contribution in [0.4, 0.5) is 0 Å². The molecule has 0 aliphatic rings. The number of likely N-dealkylation sites (N-methyl/N-ethyl adjacent to an activating group) is 1. The van der Waals surface area contributed by atoms with Gasteiger partial charge in [0.2, 0.25) is 5.91 Å². The molecule has 0 aromatic heterocycles. The average Bonchev–Trinajstić information content (AvgIpc) is 2.44. The molecule has 0 aliphatic heterocycles. The Morgan fingerprint density at radius 2 is 1.41 bits per heavy atom. The highest BCUT2D eigenvalue weighted by molar-refractivity contribution is 5.80. The van der Waals surface area contributed by atoms with Gasteiger partial charge >= 0.3 is 0 Å². The number of ether oxygens (including phenoxy) is 3. The van der Waals surface area contributed by atoms with Gasteiger partial charge in [-0.25, -0.2) is 5.90 Å². The van der Waals surface area contributed by atoms with E-state index in [0.717, 1.165) is 0 Å². The summed E-state index contributed by atoms with van der Waals surface area (Å²) in [5.41, 5.74) is 5.40. The third-order valence-electron chi connectivity index (χ3n) is 3.08. The monoisotopic (exact) mass is 321 g/mol. The first kappa shape index (κ1) is 21.2. The number of nitrogens with two attached hydrogens (primary N) is 2. The molecular formula is C14H31N3O5. The molecule has 1 amide bonds. The van der Waals surface area contributed by atoms with Crippen LogP contribution in [0.2, 0.25) is 0 Å². The van der Waals surface area contributed by atoms with Gasteiger partial charge in [0.15, 0.2) is 0 Å². The largest absolute Gasteiger partial charge is 0.378 e. The van der Waals surface area contributed by atoms with Crippen LogP contribution in [-0.2, 0) is 23.8 Å². The first-order valence-electron chi connectivity index (χ1n) is 7.55. The predicted octanol–water partition coefficient (Wildman–Crippen LogP) is -0.632. The van der Waals surface area contributed by atoms with E-state index in [1.165, 1.54) is 0 Å². The van der Waals surface area contributed by atoms with Crippen LogP contribution in [0.5, 0.6) is 0 Å². The SMILES string of the molecule is CC(C)C(C(N)=O)N(C)CCOCCOCCOCCON. The number of primary amides is 1. The van der Waals surface area contributed by atoms with E-state index in [0.29, 0.717) is 52.8 Å². The van der Waals surface area contributed by atoms with Gasteiger partial charge in [-0.05, 0) is 13.0 Å². The Bertz CT molecular complexity index is 279. The molecule has 132 valence electrons. The first-order valence-corrected chi connectivity index (χ1v) is 7.55. The van der Waals surface area contributed by atoms with Gasteiger partial charge < -0.3 is 24.8 Å². The van der Waals surface area contributed by atoms with Gasteiger partial charge in [0.25, 0.3) is 0 Å². The summed E-state index contributed by atoms with van der Waals surface area (Å²) >= 11 is 0. The second kappa shape index (κ2) is 13.9. The van der Waals surface area contributed by atoms with E-state index in [1.807, 2.05) is 25.8 Å². The molecule has 0 radical (unpaired) electrons. The molecule has 1 unspecified atom stereocenters. The topological polar surface area (TPSA) is 109 Å². The standard InChI is InChI=1S/C14H31N3O5/c1-12(2)13(14(15)18)17(3)4-5-19-6-7-20-8-9-21-10-11-22-16/h12-13H,4-11,16H2,1-3H3,(H2,15,18). The molecule has 8 nitrogen and oxygen atoms in total. The van der Waals surface area contributed by atoms with Gasteiger partial charge in [-0.3, -0.25) is 9.69 Å². The van der Waals surface area contributed by atoms with Gasteiger partial charge in [0.1, 0.15) is 0 Å². The molecule has 0 saturated carbocycles. The van der Waals surface area contributed by atoms with Crippen LogP contribution in [0, 0.1) is 5.92 Å². The molecule has 0 bridgehead atoms. The van der Waals surface area contributed by atoms with Gasteiger partial charge in [-0.1, -0.05) is 13.8 Å². The zero-order valence-electron chi connectivity index (χ0n) is 14.0. The zero-order valence-corrected chi connectivity index (χ0v) is 14.0. The Balaban J connectivity index is 3.47.